The van der Waals surface area contributed by atoms with E-state index in [2.05, 4.69) is 29.4 Å². The summed E-state index contributed by atoms with van der Waals surface area (Å²) in [5.41, 5.74) is 2.41. The zero-order chi connectivity index (χ0) is 10.5. The van der Waals surface area contributed by atoms with Crippen molar-refractivity contribution in [1.29, 1.82) is 0 Å². The first kappa shape index (κ1) is 10.4. The minimum atomic E-state index is 0.984. The van der Waals surface area contributed by atoms with Crippen LogP contribution in [0.2, 0.25) is 0 Å². The molecule has 0 bridgehead atoms. The van der Waals surface area contributed by atoms with E-state index in [9.17, 15) is 0 Å². The molecule has 2 aromatic rings. The van der Waals surface area contributed by atoms with E-state index in [1.165, 1.54) is 11.3 Å². The fourth-order valence-corrected chi connectivity index (χ4v) is 2.30. The number of hydrogen-bond donors (Lipinski definition) is 0. The van der Waals surface area contributed by atoms with Crippen LogP contribution >= 0.6 is 11.3 Å². The lowest BCUT2D eigenvalue weighted by molar-refractivity contribution is 0.823. The highest BCUT2D eigenvalue weighted by Gasteiger charge is 2.03. The smallest absolute Gasteiger partial charge is 0.123 e. The van der Waals surface area contributed by atoms with E-state index in [0.29, 0.717) is 0 Å². The van der Waals surface area contributed by atoms with Crippen LogP contribution in [-0.4, -0.2) is 4.98 Å². The first-order valence-corrected chi connectivity index (χ1v) is 6.07. The molecule has 77 valence electrons. The van der Waals surface area contributed by atoms with Gasteiger partial charge < -0.3 is 0 Å². The van der Waals surface area contributed by atoms with Crippen LogP contribution in [-0.2, 0) is 6.42 Å². The van der Waals surface area contributed by atoms with E-state index in [1.807, 2.05) is 18.2 Å². The highest BCUT2D eigenvalue weighted by molar-refractivity contribution is 7.13. The fourth-order valence-electron chi connectivity index (χ4n) is 1.44. The van der Waals surface area contributed by atoms with Crippen molar-refractivity contribution in [2.24, 2.45) is 0 Å². The summed E-state index contributed by atoms with van der Waals surface area (Å²) >= 11 is 1.72. The van der Waals surface area contributed by atoms with E-state index in [-0.39, 0.29) is 0 Å². The lowest BCUT2D eigenvalue weighted by atomic mass is 10.2. The number of rotatable bonds is 4. The molecule has 1 aromatic heterocycles. The maximum Gasteiger partial charge on any atom is 0.123 e. The molecule has 2 heteroatoms. The average molecular weight is 216 g/mol. The third-order valence-corrected chi connectivity index (χ3v) is 3.20. The van der Waals surface area contributed by atoms with Gasteiger partial charge in [-0.25, -0.2) is 4.98 Å². The SMILES string of the molecule is [CH2]CCCc1csc(-c2ccccc2)n1. The Morgan fingerprint density at radius 2 is 2.00 bits per heavy atom. The molecule has 0 unspecified atom stereocenters. The number of benzene rings is 1. The molecule has 0 aliphatic rings. The number of unbranched alkanes of at least 4 members (excludes halogenated alkanes) is 1. The molecule has 1 heterocycles. The molecule has 1 radical (unpaired) electrons. The van der Waals surface area contributed by atoms with Gasteiger partial charge in [0, 0.05) is 10.9 Å². The molecule has 0 fully saturated rings. The van der Waals surface area contributed by atoms with E-state index >= 15 is 0 Å². The zero-order valence-corrected chi connectivity index (χ0v) is 9.46. The van der Waals surface area contributed by atoms with Gasteiger partial charge in [0.25, 0.3) is 0 Å². The summed E-state index contributed by atoms with van der Waals surface area (Å²) < 4.78 is 0. The van der Waals surface area contributed by atoms with Crippen LogP contribution in [0.3, 0.4) is 0 Å². The molecule has 0 saturated heterocycles. The van der Waals surface area contributed by atoms with Crippen LogP contribution < -0.4 is 0 Å². The molecule has 1 aromatic carbocycles. The van der Waals surface area contributed by atoms with Crippen molar-refractivity contribution >= 4 is 11.3 Å². The number of aromatic nitrogens is 1. The Morgan fingerprint density at radius 3 is 2.73 bits per heavy atom. The molecule has 0 spiro atoms. The second-order valence-corrected chi connectivity index (χ2v) is 4.33. The summed E-state index contributed by atoms with van der Waals surface area (Å²) in [4.78, 5) is 4.61. The van der Waals surface area contributed by atoms with Gasteiger partial charge in [-0.15, -0.1) is 11.3 Å². The van der Waals surface area contributed by atoms with Gasteiger partial charge in [0.2, 0.25) is 0 Å². The quantitative estimate of drug-likeness (QED) is 0.753. The van der Waals surface area contributed by atoms with Gasteiger partial charge in [-0.1, -0.05) is 43.7 Å². The van der Waals surface area contributed by atoms with E-state index < -0.39 is 0 Å². The number of thiazole rings is 1. The van der Waals surface area contributed by atoms with Gasteiger partial charge in [-0.3, -0.25) is 0 Å². The van der Waals surface area contributed by atoms with Gasteiger partial charge in [0.1, 0.15) is 5.01 Å². The van der Waals surface area contributed by atoms with Crippen molar-refractivity contribution in [2.75, 3.05) is 0 Å². The van der Waals surface area contributed by atoms with Gasteiger partial charge in [0.05, 0.1) is 5.69 Å². The molecular weight excluding hydrogens is 202 g/mol. The molecule has 0 saturated carbocycles. The number of nitrogens with zero attached hydrogens (tertiary/aromatic N) is 1. The third kappa shape index (κ3) is 2.66. The van der Waals surface area contributed by atoms with Crippen molar-refractivity contribution in [2.45, 2.75) is 19.3 Å². The molecule has 2 rings (SSSR count). The largest absolute Gasteiger partial charge is 0.241 e. The van der Waals surface area contributed by atoms with Crippen molar-refractivity contribution in [1.82, 2.24) is 4.98 Å². The van der Waals surface area contributed by atoms with E-state index in [1.54, 1.807) is 11.3 Å². The Morgan fingerprint density at radius 1 is 1.20 bits per heavy atom. The molecule has 0 aliphatic carbocycles. The van der Waals surface area contributed by atoms with Crippen LogP contribution in [0.1, 0.15) is 18.5 Å². The second kappa shape index (κ2) is 5.08. The van der Waals surface area contributed by atoms with Gasteiger partial charge >= 0.3 is 0 Å². The molecule has 0 atom stereocenters. The predicted octanol–water partition coefficient (Wildman–Crippen LogP) is 3.97. The Kier molecular flexibility index (Phi) is 3.51. The van der Waals surface area contributed by atoms with Crippen LogP contribution in [0.5, 0.6) is 0 Å². The van der Waals surface area contributed by atoms with E-state index in [0.717, 1.165) is 24.3 Å². The zero-order valence-electron chi connectivity index (χ0n) is 8.65. The summed E-state index contributed by atoms with van der Waals surface area (Å²) in [5, 5.41) is 3.27. The predicted molar refractivity (Wildman–Crippen MR) is 65.8 cm³/mol. The van der Waals surface area contributed by atoms with Crippen molar-refractivity contribution in [3.63, 3.8) is 0 Å². The van der Waals surface area contributed by atoms with Crippen molar-refractivity contribution in [3.05, 3.63) is 48.3 Å². The molecule has 0 aliphatic heterocycles. The molecular formula is C13H14NS. The average Bonchev–Trinajstić information content (AvgIpc) is 2.76. The first-order chi connectivity index (χ1) is 7.40. The van der Waals surface area contributed by atoms with Crippen LogP contribution in [0, 0.1) is 6.92 Å². The minimum absolute atomic E-state index is 0.984. The normalized spacial score (nSPS) is 10.5. The second-order valence-electron chi connectivity index (χ2n) is 3.47. The van der Waals surface area contributed by atoms with Gasteiger partial charge in [0.15, 0.2) is 0 Å². The minimum Gasteiger partial charge on any atom is -0.241 e. The summed E-state index contributed by atoms with van der Waals surface area (Å²) in [6.07, 6.45) is 3.16. The van der Waals surface area contributed by atoms with Crippen LogP contribution in [0.15, 0.2) is 35.7 Å². The number of aryl methyl sites for hydroxylation is 1. The lowest BCUT2D eigenvalue weighted by Crippen LogP contribution is -1.84. The lowest BCUT2D eigenvalue weighted by Gasteiger charge is -1.94. The van der Waals surface area contributed by atoms with Crippen molar-refractivity contribution < 1.29 is 0 Å². The Labute approximate surface area is 94.8 Å². The Balaban J connectivity index is 2.14. The molecule has 15 heavy (non-hydrogen) atoms. The third-order valence-electron chi connectivity index (χ3n) is 2.26. The highest BCUT2D eigenvalue weighted by Crippen LogP contribution is 2.23. The summed E-state index contributed by atoms with van der Waals surface area (Å²) in [6.45, 7) is 3.84. The Bertz CT molecular complexity index is 405. The topological polar surface area (TPSA) is 12.9 Å². The summed E-state index contributed by atoms with van der Waals surface area (Å²) in [5.74, 6) is 0. The fraction of sp³-hybridized carbons (Fsp3) is 0.231. The van der Waals surface area contributed by atoms with Crippen LogP contribution in [0.4, 0.5) is 0 Å². The molecule has 0 N–H and O–H groups in total. The summed E-state index contributed by atoms with van der Waals surface area (Å²) in [6, 6.07) is 10.3. The maximum atomic E-state index is 4.61. The monoisotopic (exact) mass is 216 g/mol. The maximum absolute atomic E-state index is 4.61. The molecule has 1 nitrogen and oxygen atoms in total. The number of hydrogen-bond acceptors (Lipinski definition) is 2. The summed E-state index contributed by atoms with van der Waals surface area (Å²) in [7, 11) is 0. The van der Waals surface area contributed by atoms with Gasteiger partial charge in [-0.05, 0) is 12.8 Å². The molecule has 0 amide bonds. The van der Waals surface area contributed by atoms with Crippen LogP contribution in [0.25, 0.3) is 10.6 Å². The highest BCUT2D eigenvalue weighted by atomic mass is 32.1. The standard InChI is InChI=1S/C13H14NS/c1-2-3-9-12-10-15-13(14-12)11-7-5-4-6-8-11/h4-8,10H,1-3,9H2. The van der Waals surface area contributed by atoms with E-state index in [4.69, 9.17) is 0 Å². The van der Waals surface area contributed by atoms with Crippen molar-refractivity contribution in [3.8, 4) is 10.6 Å². The Hall–Kier alpha value is -1.15. The first-order valence-electron chi connectivity index (χ1n) is 5.19. The van der Waals surface area contributed by atoms with Gasteiger partial charge in [-0.2, -0.15) is 0 Å².